The van der Waals surface area contributed by atoms with Crippen LogP contribution in [0.4, 0.5) is 0 Å². The first-order valence-electron chi connectivity index (χ1n) is 5.62. The van der Waals surface area contributed by atoms with Gasteiger partial charge in [0, 0.05) is 0 Å². The molecule has 0 aromatic rings. The summed E-state index contributed by atoms with van der Waals surface area (Å²) in [7, 11) is 0. The third-order valence-corrected chi connectivity index (χ3v) is 2.23. The van der Waals surface area contributed by atoms with Crippen LogP contribution in [0.5, 0.6) is 0 Å². The molecule has 0 heteroatoms. The molecule has 0 unspecified atom stereocenters. The average molecular weight is 188 g/mol. The van der Waals surface area contributed by atoms with Crippen molar-refractivity contribution in [2.45, 2.75) is 38.5 Å². The second-order valence-corrected chi connectivity index (χ2v) is 3.54. The molecule has 76 valence electrons. The minimum atomic E-state index is 1.07. The van der Waals surface area contributed by atoms with E-state index in [1.165, 1.54) is 25.7 Å². The Morgan fingerprint density at radius 1 is 0.500 bits per heavy atom. The number of hydrogen-bond donors (Lipinski definition) is 0. The van der Waals surface area contributed by atoms with Gasteiger partial charge in [0.05, 0.1) is 0 Å². The summed E-state index contributed by atoms with van der Waals surface area (Å²) in [6, 6.07) is 0. The second-order valence-electron chi connectivity index (χ2n) is 3.54. The molecule has 0 amide bonds. The summed E-state index contributed by atoms with van der Waals surface area (Å²) >= 11 is 0. The predicted octanol–water partition coefficient (Wildman–Crippen LogP) is 4.57. The first-order chi connectivity index (χ1) is 7.00. The fourth-order valence-electron chi connectivity index (χ4n) is 1.41. The molecule has 0 fully saturated rings. The Balaban J connectivity index is 2.35. The summed E-state index contributed by atoms with van der Waals surface area (Å²) in [5.74, 6) is 0. The van der Waals surface area contributed by atoms with E-state index in [-0.39, 0.29) is 0 Å². The Morgan fingerprint density at radius 2 is 1.14 bits per heavy atom. The van der Waals surface area contributed by atoms with Gasteiger partial charge in [-0.05, 0) is 38.5 Å². The molecule has 0 heterocycles. The van der Waals surface area contributed by atoms with E-state index in [2.05, 4.69) is 48.6 Å². The highest BCUT2D eigenvalue weighted by atomic mass is 13.9. The highest BCUT2D eigenvalue weighted by Gasteiger charge is 1.82. The van der Waals surface area contributed by atoms with Crippen LogP contribution in [0.3, 0.4) is 0 Å². The van der Waals surface area contributed by atoms with Crippen LogP contribution in [0.1, 0.15) is 38.5 Å². The van der Waals surface area contributed by atoms with Gasteiger partial charge in [-0.2, -0.15) is 0 Å². The summed E-state index contributed by atoms with van der Waals surface area (Å²) in [4.78, 5) is 0. The van der Waals surface area contributed by atoms with E-state index in [1.54, 1.807) is 0 Å². The van der Waals surface area contributed by atoms with Crippen LogP contribution in [-0.2, 0) is 0 Å². The molecule has 0 atom stereocenters. The number of hydrogen-bond acceptors (Lipinski definition) is 0. The fourth-order valence-corrected chi connectivity index (χ4v) is 1.41. The first-order valence-corrected chi connectivity index (χ1v) is 5.62. The zero-order chi connectivity index (χ0) is 9.90. The lowest BCUT2D eigenvalue weighted by Crippen LogP contribution is -1.71. The molecule has 1 aliphatic rings. The van der Waals surface area contributed by atoms with Crippen LogP contribution >= 0.6 is 0 Å². The SMILES string of the molecule is C1=CCCC/C=C\CC/C=C/C=C\C1. The Bertz CT molecular complexity index is 228. The molecule has 0 bridgehead atoms. The predicted molar refractivity (Wildman–Crippen MR) is 64.3 cm³/mol. The maximum Gasteiger partial charge on any atom is -0.0166 e. The zero-order valence-corrected chi connectivity index (χ0v) is 8.86. The summed E-state index contributed by atoms with van der Waals surface area (Å²) in [5, 5.41) is 0. The van der Waals surface area contributed by atoms with Crippen LogP contribution in [0.15, 0.2) is 48.6 Å². The highest BCUT2D eigenvalue weighted by Crippen LogP contribution is 2.02. The molecule has 0 N–H and O–H groups in total. The van der Waals surface area contributed by atoms with E-state index < -0.39 is 0 Å². The number of allylic oxidation sites excluding steroid dienone is 8. The van der Waals surface area contributed by atoms with E-state index in [9.17, 15) is 0 Å². The molecule has 0 aliphatic heterocycles. The molecule has 0 saturated heterocycles. The fraction of sp³-hybridized carbons (Fsp3) is 0.429. The second kappa shape index (κ2) is 8.55. The van der Waals surface area contributed by atoms with Crippen LogP contribution in [0, 0.1) is 0 Å². The van der Waals surface area contributed by atoms with Gasteiger partial charge in [-0.3, -0.25) is 0 Å². The smallest absolute Gasteiger partial charge is 0.0166 e. The normalized spacial score (nSPS) is 26.3. The van der Waals surface area contributed by atoms with Gasteiger partial charge in [-0.1, -0.05) is 48.6 Å². The largest absolute Gasteiger partial charge is 0.0885 e. The van der Waals surface area contributed by atoms with Crippen LogP contribution in [0.25, 0.3) is 0 Å². The molecule has 0 radical (unpaired) electrons. The van der Waals surface area contributed by atoms with Crippen molar-refractivity contribution in [1.82, 2.24) is 0 Å². The van der Waals surface area contributed by atoms with Crippen molar-refractivity contribution in [3.63, 3.8) is 0 Å². The van der Waals surface area contributed by atoms with Gasteiger partial charge in [-0.15, -0.1) is 0 Å². The van der Waals surface area contributed by atoms with Crippen molar-refractivity contribution in [2.24, 2.45) is 0 Å². The lowest BCUT2D eigenvalue weighted by Gasteiger charge is -1.91. The molecule has 0 spiro atoms. The monoisotopic (exact) mass is 188 g/mol. The number of rotatable bonds is 0. The maximum atomic E-state index is 2.31. The van der Waals surface area contributed by atoms with Crippen LogP contribution in [-0.4, -0.2) is 0 Å². The molecule has 0 saturated carbocycles. The summed E-state index contributed by atoms with van der Waals surface area (Å²) < 4.78 is 0. The van der Waals surface area contributed by atoms with Crippen molar-refractivity contribution in [3.8, 4) is 0 Å². The van der Waals surface area contributed by atoms with Crippen molar-refractivity contribution in [1.29, 1.82) is 0 Å². The van der Waals surface area contributed by atoms with E-state index in [0.29, 0.717) is 0 Å². The standard InChI is InChI=1S/C14H20/c1-2-4-6-8-10-12-14-13-11-9-7-5-3-1/h1-4,7,9-10,12H,5-6,8,11,13-14H2/b3-1-,4-2+,9-7?,12-10-. The third-order valence-electron chi connectivity index (χ3n) is 2.23. The van der Waals surface area contributed by atoms with Gasteiger partial charge in [0.2, 0.25) is 0 Å². The summed E-state index contributed by atoms with van der Waals surface area (Å²) in [6.45, 7) is 0. The minimum Gasteiger partial charge on any atom is -0.0885 e. The Labute approximate surface area is 87.7 Å². The van der Waals surface area contributed by atoms with Crippen LogP contribution in [0.2, 0.25) is 0 Å². The maximum absolute atomic E-state index is 2.31. The van der Waals surface area contributed by atoms with Gasteiger partial charge in [0.15, 0.2) is 0 Å². The first kappa shape index (κ1) is 11.0. The average Bonchev–Trinajstić information content (AvgIpc) is 2.22. The van der Waals surface area contributed by atoms with Crippen LogP contribution < -0.4 is 0 Å². The van der Waals surface area contributed by atoms with Crippen molar-refractivity contribution in [2.75, 3.05) is 0 Å². The van der Waals surface area contributed by atoms with Gasteiger partial charge in [-0.25, -0.2) is 0 Å². The Hall–Kier alpha value is -1.04. The molecule has 14 heavy (non-hydrogen) atoms. The third kappa shape index (κ3) is 6.47. The zero-order valence-electron chi connectivity index (χ0n) is 8.86. The van der Waals surface area contributed by atoms with E-state index in [0.717, 1.165) is 12.8 Å². The summed E-state index contributed by atoms with van der Waals surface area (Å²) in [6.07, 6.45) is 25.0. The molecular formula is C14H20. The molecule has 1 rings (SSSR count). The Kier molecular flexibility index (Phi) is 6.74. The van der Waals surface area contributed by atoms with Gasteiger partial charge < -0.3 is 0 Å². The topological polar surface area (TPSA) is 0 Å². The molecule has 0 nitrogen and oxygen atoms in total. The highest BCUT2D eigenvalue weighted by molar-refractivity contribution is 5.05. The molecule has 0 aromatic carbocycles. The van der Waals surface area contributed by atoms with E-state index >= 15 is 0 Å². The lowest BCUT2D eigenvalue weighted by atomic mass is 10.2. The lowest BCUT2D eigenvalue weighted by molar-refractivity contribution is 0.860. The molecule has 1 aliphatic carbocycles. The van der Waals surface area contributed by atoms with Gasteiger partial charge in [0.25, 0.3) is 0 Å². The van der Waals surface area contributed by atoms with Crippen molar-refractivity contribution < 1.29 is 0 Å². The quantitative estimate of drug-likeness (QED) is 0.489. The van der Waals surface area contributed by atoms with Gasteiger partial charge in [0.1, 0.15) is 0 Å². The summed E-state index contributed by atoms with van der Waals surface area (Å²) in [5.41, 5.74) is 0. The molecule has 0 aromatic heterocycles. The van der Waals surface area contributed by atoms with Crippen molar-refractivity contribution >= 4 is 0 Å². The minimum absolute atomic E-state index is 1.07. The Morgan fingerprint density at radius 3 is 2.07 bits per heavy atom. The van der Waals surface area contributed by atoms with Gasteiger partial charge >= 0.3 is 0 Å². The van der Waals surface area contributed by atoms with E-state index in [4.69, 9.17) is 0 Å². The van der Waals surface area contributed by atoms with Crippen molar-refractivity contribution in [3.05, 3.63) is 48.6 Å². The van der Waals surface area contributed by atoms with E-state index in [1.807, 2.05) is 0 Å². The molecular weight excluding hydrogens is 168 g/mol.